The quantitative estimate of drug-likeness (QED) is 0.485. The summed E-state index contributed by atoms with van der Waals surface area (Å²) < 4.78 is 2.01. The Morgan fingerprint density at radius 2 is 1.87 bits per heavy atom. The molecule has 0 atom stereocenters. The molecule has 0 aliphatic heterocycles. The molecule has 23 heavy (non-hydrogen) atoms. The van der Waals surface area contributed by atoms with Crippen molar-refractivity contribution in [3.8, 4) is 0 Å². The van der Waals surface area contributed by atoms with Crippen molar-refractivity contribution in [2.24, 2.45) is 7.05 Å². The van der Waals surface area contributed by atoms with Crippen molar-refractivity contribution >= 4 is 16.7 Å². The Labute approximate surface area is 135 Å². The van der Waals surface area contributed by atoms with Crippen LogP contribution in [0.3, 0.4) is 0 Å². The van der Waals surface area contributed by atoms with E-state index in [4.69, 9.17) is 20.4 Å². The predicted octanol–water partition coefficient (Wildman–Crippen LogP) is -0.00230. The van der Waals surface area contributed by atoms with Crippen molar-refractivity contribution in [3.05, 3.63) is 24.0 Å². The van der Waals surface area contributed by atoms with Crippen LogP contribution in [0.15, 0.2) is 18.2 Å². The molecule has 0 unspecified atom stereocenters. The van der Waals surface area contributed by atoms with E-state index in [0.717, 1.165) is 22.5 Å². The Bertz CT molecular complexity index is 621. The van der Waals surface area contributed by atoms with Gasteiger partial charge in [0.15, 0.2) is 6.29 Å². The summed E-state index contributed by atoms with van der Waals surface area (Å²) in [4.78, 5) is 6.53. The third-order valence-electron chi connectivity index (χ3n) is 3.92. The second-order valence-electron chi connectivity index (χ2n) is 5.57. The van der Waals surface area contributed by atoms with Crippen LogP contribution in [0.1, 0.15) is 18.7 Å². The van der Waals surface area contributed by atoms with E-state index < -0.39 is 6.29 Å². The van der Waals surface area contributed by atoms with Crippen molar-refractivity contribution < 1.29 is 20.4 Å². The Balaban J connectivity index is 2.22. The number of aliphatic hydroxyl groups excluding tert-OH is 3. The van der Waals surface area contributed by atoms with Crippen LogP contribution in [0.5, 0.6) is 0 Å². The molecule has 0 aliphatic rings. The number of imidazole rings is 1. The molecule has 0 amide bonds. The van der Waals surface area contributed by atoms with Crippen LogP contribution >= 0.6 is 0 Å². The van der Waals surface area contributed by atoms with E-state index in [1.54, 1.807) is 0 Å². The molecule has 1 aromatic heterocycles. The van der Waals surface area contributed by atoms with Gasteiger partial charge in [-0.3, -0.25) is 0 Å². The second kappa shape index (κ2) is 8.26. The molecular weight excluding hydrogens is 298 g/mol. The first-order valence-corrected chi connectivity index (χ1v) is 7.85. The molecule has 1 heterocycles. The lowest BCUT2D eigenvalue weighted by atomic mass is 10.2. The maximum absolute atomic E-state index is 9.14. The van der Waals surface area contributed by atoms with Gasteiger partial charge in [-0.15, -0.1) is 0 Å². The third kappa shape index (κ3) is 4.42. The van der Waals surface area contributed by atoms with Gasteiger partial charge in [0.05, 0.1) is 24.2 Å². The van der Waals surface area contributed by atoms with Crippen molar-refractivity contribution in [2.45, 2.75) is 25.6 Å². The van der Waals surface area contributed by atoms with Crippen molar-refractivity contribution in [3.63, 3.8) is 0 Å². The van der Waals surface area contributed by atoms with Crippen LogP contribution in [0.2, 0.25) is 0 Å². The van der Waals surface area contributed by atoms with Gasteiger partial charge in [0.2, 0.25) is 0 Å². The number of hydrogen-bond acceptors (Lipinski definition) is 6. The molecule has 7 heteroatoms. The largest absolute Gasteiger partial charge is 0.395 e. The van der Waals surface area contributed by atoms with E-state index in [1.807, 2.05) is 34.7 Å². The fraction of sp³-hybridized carbons (Fsp3) is 0.562. The van der Waals surface area contributed by atoms with Gasteiger partial charge >= 0.3 is 0 Å². The Morgan fingerprint density at radius 3 is 2.48 bits per heavy atom. The average Bonchev–Trinajstić information content (AvgIpc) is 2.83. The molecule has 0 bridgehead atoms. The van der Waals surface area contributed by atoms with Crippen LogP contribution in [-0.4, -0.2) is 62.6 Å². The third-order valence-corrected chi connectivity index (χ3v) is 3.92. The number of aliphatic hydroxyl groups is 4. The van der Waals surface area contributed by atoms with Crippen molar-refractivity contribution in [2.75, 3.05) is 31.2 Å². The molecule has 0 radical (unpaired) electrons. The standard InChI is InChI=1S/C16H25N3O4/c1-18-14-6-5-12(19(7-9-20)8-10-21)11-13(14)17-15(18)3-2-4-16(22)23/h5-6,11,16,20-23H,2-4,7-10H2,1H3. The first-order chi connectivity index (χ1) is 11.1. The molecule has 0 saturated heterocycles. The number of fused-ring (bicyclic) bond motifs is 1. The SMILES string of the molecule is Cn1c(CCCC(O)O)nc2cc(N(CCO)CCO)ccc21. The summed E-state index contributed by atoms with van der Waals surface area (Å²) >= 11 is 0. The molecule has 128 valence electrons. The lowest BCUT2D eigenvalue weighted by molar-refractivity contribution is -0.0462. The fourth-order valence-corrected chi connectivity index (χ4v) is 2.71. The number of rotatable bonds is 9. The molecule has 2 aromatic rings. The number of aryl methyl sites for hydroxylation is 2. The molecule has 2 rings (SSSR count). The maximum atomic E-state index is 9.14. The van der Waals surface area contributed by atoms with Crippen LogP contribution in [-0.2, 0) is 13.5 Å². The highest BCUT2D eigenvalue weighted by Crippen LogP contribution is 2.23. The van der Waals surface area contributed by atoms with Gasteiger partial charge in [-0.2, -0.15) is 0 Å². The van der Waals surface area contributed by atoms with E-state index in [0.29, 0.717) is 32.4 Å². The minimum absolute atomic E-state index is 0.0228. The van der Waals surface area contributed by atoms with Gasteiger partial charge in [-0.1, -0.05) is 0 Å². The van der Waals surface area contributed by atoms with Crippen LogP contribution in [0.4, 0.5) is 5.69 Å². The van der Waals surface area contributed by atoms with Gasteiger partial charge < -0.3 is 29.9 Å². The van der Waals surface area contributed by atoms with Crippen LogP contribution < -0.4 is 4.90 Å². The molecule has 0 saturated carbocycles. The topological polar surface area (TPSA) is 102 Å². The monoisotopic (exact) mass is 323 g/mol. The molecule has 0 fully saturated rings. The highest BCUT2D eigenvalue weighted by molar-refractivity contribution is 5.80. The second-order valence-corrected chi connectivity index (χ2v) is 5.57. The average molecular weight is 323 g/mol. The number of aromatic nitrogens is 2. The van der Waals surface area contributed by atoms with E-state index in [-0.39, 0.29) is 13.2 Å². The van der Waals surface area contributed by atoms with E-state index in [1.165, 1.54) is 0 Å². The summed E-state index contributed by atoms with van der Waals surface area (Å²) in [7, 11) is 1.94. The van der Waals surface area contributed by atoms with Crippen LogP contribution in [0.25, 0.3) is 11.0 Å². The maximum Gasteiger partial charge on any atom is 0.151 e. The highest BCUT2D eigenvalue weighted by atomic mass is 16.5. The summed E-state index contributed by atoms with van der Waals surface area (Å²) in [6.07, 6.45) is 0.384. The zero-order chi connectivity index (χ0) is 16.8. The Morgan fingerprint density at radius 1 is 1.17 bits per heavy atom. The number of hydrogen-bond donors (Lipinski definition) is 4. The van der Waals surface area contributed by atoms with Gasteiger partial charge in [-0.25, -0.2) is 4.98 Å². The molecule has 0 aliphatic carbocycles. The highest BCUT2D eigenvalue weighted by Gasteiger charge is 2.11. The first-order valence-electron chi connectivity index (χ1n) is 7.85. The number of nitrogens with zero attached hydrogens (tertiary/aromatic N) is 3. The summed E-state index contributed by atoms with van der Waals surface area (Å²) in [6, 6.07) is 5.88. The summed E-state index contributed by atoms with van der Waals surface area (Å²) in [5.41, 5.74) is 2.77. The van der Waals surface area contributed by atoms with E-state index in [2.05, 4.69) is 4.98 Å². The van der Waals surface area contributed by atoms with Gasteiger partial charge in [0, 0.05) is 32.2 Å². The fourth-order valence-electron chi connectivity index (χ4n) is 2.71. The minimum atomic E-state index is -1.28. The summed E-state index contributed by atoms with van der Waals surface area (Å²) in [6.45, 7) is 0.963. The first kappa shape index (κ1) is 17.7. The van der Waals surface area contributed by atoms with Gasteiger partial charge in [0.1, 0.15) is 5.82 Å². The van der Waals surface area contributed by atoms with Gasteiger partial charge in [-0.05, 0) is 31.0 Å². The number of benzene rings is 1. The molecule has 0 spiro atoms. The molecular formula is C16H25N3O4. The summed E-state index contributed by atoms with van der Waals surface area (Å²) in [5, 5.41) is 36.1. The molecule has 1 aromatic carbocycles. The van der Waals surface area contributed by atoms with E-state index in [9.17, 15) is 0 Å². The van der Waals surface area contributed by atoms with Crippen molar-refractivity contribution in [1.29, 1.82) is 0 Å². The smallest absolute Gasteiger partial charge is 0.151 e. The molecule has 4 N–H and O–H groups in total. The minimum Gasteiger partial charge on any atom is -0.395 e. The lowest BCUT2D eigenvalue weighted by Crippen LogP contribution is -2.29. The van der Waals surface area contributed by atoms with Gasteiger partial charge in [0.25, 0.3) is 0 Å². The summed E-state index contributed by atoms with van der Waals surface area (Å²) in [5.74, 6) is 0.897. The van der Waals surface area contributed by atoms with E-state index >= 15 is 0 Å². The van der Waals surface area contributed by atoms with Crippen molar-refractivity contribution in [1.82, 2.24) is 9.55 Å². The van der Waals surface area contributed by atoms with Crippen LogP contribution in [0, 0.1) is 0 Å². The normalized spacial score (nSPS) is 11.6. The Hall–Kier alpha value is -1.67. The lowest BCUT2D eigenvalue weighted by Gasteiger charge is -2.22. The zero-order valence-electron chi connectivity index (χ0n) is 13.4. The zero-order valence-corrected chi connectivity index (χ0v) is 13.4. The Kier molecular flexibility index (Phi) is 6.35. The predicted molar refractivity (Wildman–Crippen MR) is 88.3 cm³/mol. The molecule has 7 nitrogen and oxygen atoms in total. The number of anilines is 1.